The van der Waals surface area contributed by atoms with E-state index >= 15 is 0 Å². The Hall–Kier alpha value is -4.71. The lowest BCUT2D eigenvalue weighted by atomic mass is 9.64. The number of fused-ring (bicyclic) bond motifs is 7. The Morgan fingerprint density at radius 2 is 1.57 bits per heavy atom. The predicted molar refractivity (Wildman–Crippen MR) is 152 cm³/mol. The van der Waals surface area contributed by atoms with E-state index in [-0.39, 0.29) is 11.8 Å². The molecular weight excluding hydrogens is 502 g/mol. The van der Waals surface area contributed by atoms with Crippen molar-refractivity contribution in [2.45, 2.75) is 19.8 Å². The third-order valence-electron chi connectivity index (χ3n) is 8.59. The molecule has 4 aromatic rings. The Morgan fingerprint density at radius 1 is 0.825 bits per heavy atom. The van der Waals surface area contributed by atoms with Gasteiger partial charge in [0.25, 0.3) is 0 Å². The summed E-state index contributed by atoms with van der Waals surface area (Å²) in [6, 6.07) is 25.0. The summed E-state index contributed by atoms with van der Waals surface area (Å²) in [4.78, 5) is 43.5. The number of aryl methyl sites for hydroxylation is 2. The van der Waals surface area contributed by atoms with Gasteiger partial charge >= 0.3 is 5.97 Å². The first-order chi connectivity index (χ1) is 19.4. The van der Waals surface area contributed by atoms with Gasteiger partial charge in [-0.25, -0.2) is 4.90 Å². The van der Waals surface area contributed by atoms with Crippen LogP contribution in [0.4, 0.5) is 5.69 Å². The van der Waals surface area contributed by atoms with Crippen molar-refractivity contribution >= 4 is 39.8 Å². The number of ether oxygens (including phenoxy) is 2. The number of hydrogen-bond donors (Lipinski definition) is 0. The smallest absolute Gasteiger partial charge is 0.319 e. The number of anilines is 1. The van der Waals surface area contributed by atoms with E-state index in [0.29, 0.717) is 17.2 Å². The quantitative estimate of drug-likeness (QED) is 0.185. The van der Waals surface area contributed by atoms with Crippen LogP contribution in [0, 0.1) is 31.6 Å². The number of carbonyl (C=O) groups is 3. The predicted octanol–water partition coefficient (Wildman–Crippen LogP) is 5.99. The van der Waals surface area contributed by atoms with Crippen LogP contribution in [0.15, 0.2) is 84.9 Å². The summed E-state index contributed by atoms with van der Waals surface area (Å²) < 4.78 is 11.2. The average molecular weight is 530 g/mol. The molecule has 2 heterocycles. The molecule has 0 unspecified atom stereocenters. The zero-order valence-corrected chi connectivity index (χ0v) is 22.4. The number of amides is 2. The highest BCUT2D eigenvalue weighted by Crippen LogP contribution is 2.56. The Balaban J connectivity index is 1.47. The fourth-order valence-electron chi connectivity index (χ4n) is 6.68. The van der Waals surface area contributed by atoms with Gasteiger partial charge in [0.15, 0.2) is 0 Å². The summed E-state index contributed by atoms with van der Waals surface area (Å²) in [5.41, 5.74) is 4.77. The van der Waals surface area contributed by atoms with E-state index < -0.39 is 29.6 Å². The molecule has 0 aromatic heterocycles. The number of imide groups is 1. The summed E-state index contributed by atoms with van der Waals surface area (Å²) in [5.74, 6) is -2.93. The van der Waals surface area contributed by atoms with Crippen molar-refractivity contribution in [2.24, 2.45) is 17.8 Å². The first kappa shape index (κ1) is 24.3. The molecule has 1 saturated heterocycles. The second-order valence-corrected chi connectivity index (χ2v) is 10.8. The maximum absolute atomic E-state index is 14.3. The minimum Gasteiger partial charge on any atom is -0.497 e. The SMILES string of the molecule is COc1ccc([C@@H]2C=C3c4c(ccc5ccccc45)OC(=O)[C@@H]3[C@H]3C(=O)N(c4cc(C)ccc4C)C(=O)[C@H]32)cc1. The van der Waals surface area contributed by atoms with Gasteiger partial charge in [-0.3, -0.25) is 14.4 Å². The highest BCUT2D eigenvalue weighted by molar-refractivity contribution is 6.25. The van der Waals surface area contributed by atoms with Gasteiger partial charge in [-0.05, 0) is 71.1 Å². The van der Waals surface area contributed by atoms with Crippen molar-refractivity contribution in [3.63, 3.8) is 0 Å². The number of rotatable bonds is 3. The van der Waals surface area contributed by atoms with Gasteiger partial charge in [0.05, 0.1) is 30.6 Å². The fraction of sp³-hybridized carbons (Fsp3) is 0.206. The van der Waals surface area contributed by atoms with E-state index in [1.807, 2.05) is 98.8 Å². The van der Waals surface area contributed by atoms with Gasteiger partial charge in [0.2, 0.25) is 11.8 Å². The van der Waals surface area contributed by atoms with Crippen LogP contribution < -0.4 is 14.4 Å². The zero-order valence-electron chi connectivity index (χ0n) is 22.4. The maximum atomic E-state index is 14.3. The average Bonchev–Trinajstić information content (AvgIpc) is 3.23. The molecule has 1 fully saturated rings. The molecule has 0 bridgehead atoms. The second kappa shape index (κ2) is 8.91. The van der Waals surface area contributed by atoms with Gasteiger partial charge in [-0.1, -0.05) is 60.7 Å². The molecule has 0 spiro atoms. The first-order valence-corrected chi connectivity index (χ1v) is 13.4. The molecule has 6 heteroatoms. The number of methoxy groups -OCH3 is 1. The van der Waals surface area contributed by atoms with Gasteiger partial charge in [0.1, 0.15) is 11.5 Å². The van der Waals surface area contributed by atoms with Crippen LogP contribution in [0.3, 0.4) is 0 Å². The molecule has 0 saturated carbocycles. The molecule has 3 aliphatic rings. The molecule has 198 valence electrons. The number of esters is 1. The summed E-state index contributed by atoms with van der Waals surface area (Å²) in [6.45, 7) is 3.82. The molecular formula is C34H27NO5. The van der Waals surface area contributed by atoms with Crippen LogP contribution in [0.5, 0.6) is 11.5 Å². The third kappa shape index (κ3) is 3.45. The lowest BCUT2D eigenvalue weighted by Crippen LogP contribution is -2.42. The van der Waals surface area contributed by atoms with Crippen LogP contribution in [0.2, 0.25) is 0 Å². The van der Waals surface area contributed by atoms with Crippen LogP contribution in [-0.4, -0.2) is 24.9 Å². The van der Waals surface area contributed by atoms with E-state index in [0.717, 1.165) is 38.6 Å². The highest BCUT2D eigenvalue weighted by Gasteiger charge is 2.60. The largest absolute Gasteiger partial charge is 0.497 e. The molecule has 1 aliphatic carbocycles. The van der Waals surface area contributed by atoms with Crippen molar-refractivity contribution in [2.75, 3.05) is 12.0 Å². The number of benzene rings is 4. The molecule has 2 amide bonds. The Kier molecular flexibility index (Phi) is 5.42. The van der Waals surface area contributed by atoms with Crippen LogP contribution in [0.25, 0.3) is 16.3 Å². The summed E-state index contributed by atoms with van der Waals surface area (Å²) >= 11 is 0. The van der Waals surface area contributed by atoms with Crippen molar-refractivity contribution in [3.05, 3.63) is 107 Å². The number of nitrogens with zero attached hydrogens (tertiary/aromatic N) is 1. The molecule has 40 heavy (non-hydrogen) atoms. The van der Waals surface area contributed by atoms with E-state index in [1.54, 1.807) is 7.11 Å². The third-order valence-corrected chi connectivity index (χ3v) is 8.59. The summed E-state index contributed by atoms with van der Waals surface area (Å²) in [6.07, 6.45) is 2.02. The topological polar surface area (TPSA) is 72.9 Å². The van der Waals surface area contributed by atoms with Crippen LogP contribution in [-0.2, 0) is 14.4 Å². The van der Waals surface area contributed by atoms with E-state index in [2.05, 4.69) is 0 Å². The second-order valence-electron chi connectivity index (χ2n) is 10.8. The van der Waals surface area contributed by atoms with Crippen molar-refractivity contribution in [1.82, 2.24) is 0 Å². The minimum absolute atomic E-state index is 0.295. The van der Waals surface area contributed by atoms with Crippen molar-refractivity contribution in [3.8, 4) is 11.5 Å². The first-order valence-electron chi connectivity index (χ1n) is 13.4. The van der Waals surface area contributed by atoms with E-state index in [9.17, 15) is 14.4 Å². The Bertz CT molecular complexity index is 1770. The maximum Gasteiger partial charge on any atom is 0.319 e. The van der Waals surface area contributed by atoms with Gasteiger partial charge in [-0.15, -0.1) is 0 Å². The van der Waals surface area contributed by atoms with Gasteiger partial charge in [0, 0.05) is 11.5 Å². The monoisotopic (exact) mass is 529 g/mol. The molecule has 4 atom stereocenters. The van der Waals surface area contributed by atoms with Gasteiger partial charge in [-0.2, -0.15) is 0 Å². The van der Waals surface area contributed by atoms with E-state index in [4.69, 9.17) is 9.47 Å². The standard InChI is InChI=1S/C34H27NO5/c1-18-8-9-19(2)26(16-18)35-32(36)29-24(21-10-13-22(39-3)14-11-21)17-25-28-23-7-5-4-6-20(23)12-15-27(28)40-34(38)30(25)31(29)33(35)37/h4-17,24,29-31H,1-3H3/t24-,29-,30-,31-/m0/s1. The molecule has 4 aromatic carbocycles. The zero-order chi connectivity index (χ0) is 27.7. The summed E-state index contributed by atoms with van der Waals surface area (Å²) in [5, 5.41) is 1.95. The molecule has 2 aliphatic heterocycles. The minimum atomic E-state index is -0.890. The molecule has 7 rings (SSSR count). The number of allylic oxidation sites excluding steroid dienone is 1. The number of hydrogen-bond acceptors (Lipinski definition) is 5. The Labute approximate surface area is 231 Å². The van der Waals surface area contributed by atoms with E-state index in [1.165, 1.54) is 4.90 Å². The van der Waals surface area contributed by atoms with Crippen molar-refractivity contribution in [1.29, 1.82) is 0 Å². The Morgan fingerprint density at radius 3 is 2.35 bits per heavy atom. The lowest BCUT2D eigenvalue weighted by molar-refractivity contribution is -0.142. The highest BCUT2D eigenvalue weighted by atomic mass is 16.5. The van der Waals surface area contributed by atoms with Crippen molar-refractivity contribution < 1.29 is 23.9 Å². The van der Waals surface area contributed by atoms with Gasteiger partial charge < -0.3 is 9.47 Å². The molecule has 0 radical (unpaired) electrons. The molecule has 6 nitrogen and oxygen atoms in total. The van der Waals surface area contributed by atoms with Crippen LogP contribution in [0.1, 0.15) is 28.2 Å². The number of carbonyl (C=O) groups excluding carboxylic acids is 3. The summed E-state index contributed by atoms with van der Waals surface area (Å²) in [7, 11) is 1.61. The lowest BCUT2D eigenvalue weighted by Gasteiger charge is -2.38. The normalized spacial score (nSPS) is 23.3. The molecule has 0 N–H and O–H groups in total. The van der Waals surface area contributed by atoms with Crippen LogP contribution >= 0.6 is 0 Å². The fourth-order valence-corrected chi connectivity index (χ4v) is 6.68.